The van der Waals surface area contributed by atoms with E-state index in [1.54, 1.807) is 6.92 Å². The fraction of sp³-hybridized carbons (Fsp3) is 0.263. The fourth-order valence-corrected chi connectivity index (χ4v) is 4.91. The van der Waals surface area contributed by atoms with Gasteiger partial charge in [-0.05, 0) is 30.7 Å². The number of carbonyl (C=O) groups is 2. The van der Waals surface area contributed by atoms with E-state index in [0.717, 1.165) is 18.2 Å². The van der Waals surface area contributed by atoms with Gasteiger partial charge in [-0.15, -0.1) is 0 Å². The Balaban J connectivity index is 2.23. The van der Waals surface area contributed by atoms with Crippen molar-refractivity contribution >= 4 is 46.6 Å². The molecule has 1 saturated carbocycles. The third kappa shape index (κ3) is 3.07. The lowest BCUT2D eigenvalue weighted by molar-refractivity contribution is -0.120. The van der Waals surface area contributed by atoms with E-state index in [4.69, 9.17) is 40.5 Å². The fourth-order valence-electron chi connectivity index (χ4n) is 3.64. The number of halogens is 6. The number of alkyl halides is 2. The molecule has 2 atom stereocenters. The zero-order chi connectivity index (χ0) is 21.7. The van der Waals surface area contributed by atoms with E-state index in [0.29, 0.717) is 0 Å². The van der Waals surface area contributed by atoms with Gasteiger partial charge in [0.15, 0.2) is 0 Å². The van der Waals surface area contributed by atoms with Crippen molar-refractivity contribution in [2.75, 3.05) is 6.54 Å². The standard InChI is InChI=1S/C19H14Cl3F3N2O2/c1-2-27-16(28)13-12(24)6-4-9(14(13)25)18(17(26)29)15(19(18,21)22)8-3-5-11(23)10(20)7-8/h3-7,15H,2H2,1H3,(H2,26,29)(H,27,28). The van der Waals surface area contributed by atoms with Crippen molar-refractivity contribution in [2.45, 2.75) is 22.6 Å². The van der Waals surface area contributed by atoms with E-state index >= 15 is 4.39 Å². The van der Waals surface area contributed by atoms with Gasteiger partial charge in [-0.1, -0.05) is 46.9 Å². The van der Waals surface area contributed by atoms with Gasteiger partial charge in [0.1, 0.15) is 32.8 Å². The molecule has 2 aromatic carbocycles. The van der Waals surface area contributed by atoms with Crippen LogP contribution in [0.1, 0.15) is 34.3 Å². The highest BCUT2D eigenvalue weighted by molar-refractivity contribution is 6.55. The number of carbonyl (C=O) groups excluding carboxylic acids is 2. The van der Waals surface area contributed by atoms with Crippen LogP contribution in [0, 0.1) is 17.5 Å². The lowest BCUT2D eigenvalue weighted by Crippen LogP contribution is -2.36. The Hall–Kier alpha value is -1.96. The molecular formula is C19H14Cl3F3N2O2. The van der Waals surface area contributed by atoms with Crippen molar-refractivity contribution in [3.8, 4) is 0 Å². The van der Waals surface area contributed by atoms with E-state index in [9.17, 15) is 18.4 Å². The second-order valence-electron chi connectivity index (χ2n) is 6.55. The van der Waals surface area contributed by atoms with Gasteiger partial charge < -0.3 is 11.1 Å². The minimum absolute atomic E-state index is 0.120. The maximum absolute atomic E-state index is 15.3. The van der Waals surface area contributed by atoms with Crippen LogP contribution >= 0.6 is 34.8 Å². The summed E-state index contributed by atoms with van der Waals surface area (Å²) in [6.07, 6.45) is 0. The number of benzene rings is 2. The van der Waals surface area contributed by atoms with Crippen LogP contribution in [0.25, 0.3) is 0 Å². The van der Waals surface area contributed by atoms with Gasteiger partial charge in [-0.2, -0.15) is 0 Å². The van der Waals surface area contributed by atoms with E-state index in [-0.39, 0.29) is 17.1 Å². The highest BCUT2D eigenvalue weighted by atomic mass is 35.5. The van der Waals surface area contributed by atoms with Gasteiger partial charge in [0.25, 0.3) is 5.91 Å². The summed E-state index contributed by atoms with van der Waals surface area (Å²) >= 11 is 18.5. The van der Waals surface area contributed by atoms with Crippen LogP contribution in [0.3, 0.4) is 0 Å². The summed E-state index contributed by atoms with van der Waals surface area (Å²) in [6, 6.07) is 5.29. The minimum atomic E-state index is -2.03. The third-order valence-corrected chi connectivity index (χ3v) is 6.31. The summed E-state index contributed by atoms with van der Waals surface area (Å²) in [7, 11) is 0. The predicted molar refractivity (Wildman–Crippen MR) is 104 cm³/mol. The molecule has 3 rings (SSSR count). The number of hydrogen-bond donors (Lipinski definition) is 2. The maximum Gasteiger partial charge on any atom is 0.257 e. The van der Waals surface area contributed by atoms with Crippen molar-refractivity contribution in [1.29, 1.82) is 0 Å². The maximum atomic E-state index is 15.3. The highest BCUT2D eigenvalue weighted by Crippen LogP contribution is 2.74. The Morgan fingerprint density at radius 2 is 1.76 bits per heavy atom. The number of nitrogens with one attached hydrogen (secondary N) is 1. The molecule has 3 N–H and O–H groups in total. The number of primary amides is 1. The van der Waals surface area contributed by atoms with Gasteiger partial charge in [0, 0.05) is 18.0 Å². The molecule has 0 spiro atoms. The van der Waals surface area contributed by atoms with Crippen molar-refractivity contribution in [3.63, 3.8) is 0 Å². The first-order chi connectivity index (χ1) is 13.5. The lowest BCUT2D eigenvalue weighted by Gasteiger charge is -2.18. The molecule has 2 amide bonds. The molecular weight excluding hydrogens is 452 g/mol. The van der Waals surface area contributed by atoms with Crippen molar-refractivity contribution in [3.05, 3.63) is 69.5 Å². The molecule has 4 nitrogen and oxygen atoms in total. The second kappa shape index (κ2) is 7.38. The molecule has 0 aromatic heterocycles. The van der Waals surface area contributed by atoms with Gasteiger partial charge in [0.05, 0.1) is 5.02 Å². The van der Waals surface area contributed by atoms with Gasteiger partial charge in [0.2, 0.25) is 5.91 Å². The summed E-state index contributed by atoms with van der Waals surface area (Å²) in [5.74, 6) is -6.39. The van der Waals surface area contributed by atoms with Crippen molar-refractivity contribution in [2.24, 2.45) is 5.73 Å². The largest absolute Gasteiger partial charge is 0.369 e. The molecule has 29 heavy (non-hydrogen) atoms. The molecule has 0 saturated heterocycles. The van der Waals surface area contributed by atoms with E-state index in [1.165, 1.54) is 12.1 Å². The molecule has 2 aromatic rings. The Bertz CT molecular complexity index is 1030. The van der Waals surface area contributed by atoms with Gasteiger partial charge >= 0.3 is 0 Å². The highest BCUT2D eigenvalue weighted by Gasteiger charge is 2.81. The Morgan fingerprint density at radius 1 is 1.14 bits per heavy atom. The van der Waals surface area contributed by atoms with E-state index in [2.05, 4.69) is 5.32 Å². The molecule has 1 aliphatic carbocycles. The predicted octanol–water partition coefficient (Wildman–Crippen LogP) is 4.20. The first kappa shape index (κ1) is 21.7. The molecule has 0 aliphatic heterocycles. The summed E-state index contributed by atoms with van der Waals surface area (Å²) in [6.45, 7) is 1.69. The summed E-state index contributed by atoms with van der Waals surface area (Å²) in [4.78, 5) is 24.6. The molecule has 1 fully saturated rings. The van der Waals surface area contributed by atoms with Crippen LogP contribution in [0.5, 0.6) is 0 Å². The summed E-state index contributed by atoms with van der Waals surface area (Å²) < 4.78 is 41.0. The quantitative estimate of drug-likeness (QED) is 0.650. The molecule has 2 unspecified atom stereocenters. The molecule has 1 aliphatic rings. The smallest absolute Gasteiger partial charge is 0.257 e. The molecule has 154 valence electrons. The van der Waals surface area contributed by atoms with Crippen LogP contribution < -0.4 is 11.1 Å². The SMILES string of the molecule is CCNC(=O)c1c(F)ccc(C2(C(N)=O)C(c3ccc(F)c(Cl)c3)C2(Cl)Cl)c1F. The first-order valence-corrected chi connectivity index (χ1v) is 9.54. The lowest BCUT2D eigenvalue weighted by atomic mass is 9.88. The van der Waals surface area contributed by atoms with E-state index < -0.39 is 56.1 Å². The molecule has 0 radical (unpaired) electrons. The Morgan fingerprint density at radius 3 is 2.31 bits per heavy atom. The van der Waals surface area contributed by atoms with Crippen LogP contribution in [0.2, 0.25) is 5.02 Å². The molecule has 0 heterocycles. The molecule has 0 bridgehead atoms. The topological polar surface area (TPSA) is 72.2 Å². The van der Waals surface area contributed by atoms with Gasteiger partial charge in [-0.3, -0.25) is 9.59 Å². The van der Waals surface area contributed by atoms with Crippen LogP contribution in [0.4, 0.5) is 13.2 Å². The summed E-state index contributed by atoms with van der Waals surface area (Å²) in [5, 5.41) is 2.02. The Labute approximate surface area is 179 Å². The third-order valence-electron chi connectivity index (χ3n) is 4.98. The molecule has 10 heteroatoms. The number of amides is 2. The number of rotatable bonds is 5. The monoisotopic (exact) mass is 464 g/mol. The van der Waals surface area contributed by atoms with E-state index in [1.807, 2.05) is 0 Å². The van der Waals surface area contributed by atoms with Crippen LogP contribution in [-0.2, 0) is 10.2 Å². The van der Waals surface area contributed by atoms with Crippen molar-refractivity contribution in [1.82, 2.24) is 5.32 Å². The minimum Gasteiger partial charge on any atom is -0.369 e. The second-order valence-corrected chi connectivity index (χ2v) is 8.34. The normalized spacial score (nSPS) is 22.2. The zero-order valence-corrected chi connectivity index (χ0v) is 17.1. The van der Waals surface area contributed by atoms with Crippen molar-refractivity contribution < 1.29 is 22.8 Å². The van der Waals surface area contributed by atoms with Crippen LogP contribution in [-0.4, -0.2) is 22.7 Å². The number of nitrogens with two attached hydrogens (primary N) is 1. The first-order valence-electron chi connectivity index (χ1n) is 8.41. The van der Waals surface area contributed by atoms with Gasteiger partial charge in [-0.25, -0.2) is 13.2 Å². The summed E-state index contributed by atoms with van der Waals surface area (Å²) in [5.41, 5.74) is 2.41. The zero-order valence-electron chi connectivity index (χ0n) is 14.8. The Kier molecular flexibility index (Phi) is 5.53. The van der Waals surface area contributed by atoms with Crippen LogP contribution in [0.15, 0.2) is 30.3 Å². The number of hydrogen-bond acceptors (Lipinski definition) is 2. The average molecular weight is 466 g/mol. The average Bonchev–Trinajstić information content (AvgIpc) is 3.15.